The second kappa shape index (κ2) is 9.78. The van der Waals surface area contributed by atoms with Crippen molar-refractivity contribution >= 4 is 23.3 Å². The van der Waals surface area contributed by atoms with Crippen LogP contribution in [-0.4, -0.2) is 68.5 Å². The number of rotatable bonds is 8. The number of hydrogen-bond acceptors (Lipinski definition) is 7. The number of hydrogen-bond donors (Lipinski definition) is 2. The number of piperazine rings is 1. The summed E-state index contributed by atoms with van der Waals surface area (Å²) in [6.07, 6.45) is -0.101. The Hall–Kier alpha value is -3.46. The van der Waals surface area contributed by atoms with E-state index in [-0.39, 0.29) is 19.1 Å². The highest BCUT2D eigenvalue weighted by Gasteiger charge is 2.27. The van der Waals surface area contributed by atoms with Crippen LogP contribution in [0.15, 0.2) is 42.5 Å². The molecule has 0 radical (unpaired) electrons. The maximum absolute atomic E-state index is 12.5. The molecule has 9 heteroatoms. The Kier molecular flexibility index (Phi) is 6.65. The average molecular weight is 441 g/mol. The van der Waals surface area contributed by atoms with Crippen molar-refractivity contribution in [3.05, 3.63) is 42.5 Å². The number of fused-ring (bicyclic) bond motifs is 1. The van der Waals surface area contributed by atoms with E-state index in [9.17, 15) is 14.7 Å². The molecular formula is C23H27N3O6. The first kappa shape index (κ1) is 21.8. The van der Waals surface area contributed by atoms with Crippen molar-refractivity contribution < 1.29 is 28.9 Å². The predicted octanol–water partition coefficient (Wildman–Crippen LogP) is 2.28. The molecule has 0 bridgehead atoms. The number of para-hydroxylation sites is 2. The van der Waals surface area contributed by atoms with Crippen LogP contribution in [0.25, 0.3) is 0 Å². The Morgan fingerprint density at radius 1 is 1.09 bits per heavy atom. The van der Waals surface area contributed by atoms with Gasteiger partial charge in [0.1, 0.15) is 5.75 Å². The van der Waals surface area contributed by atoms with E-state index in [1.165, 1.54) is 0 Å². The summed E-state index contributed by atoms with van der Waals surface area (Å²) in [6.45, 7) is 3.42. The highest BCUT2D eigenvalue weighted by Crippen LogP contribution is 2.34. The van der Waals surface area contributed by atoms with Crippen molar-refractivity contribution in [1.29, 1.82) is 0 Å². The van der Waals surface area contributed by atoms with Crippen molar-refractivity contribution in [2.24, 2.45) is 5.92 Å². The molecule has 0 aliphatic carbocycles. The van der Waals surface area contributed by atoms with Crippen LogP contribution in [0.4, 0.5) is 11.4 Å². The first-order valence-electron chi connectivity index (χ1n) is 10.6. The van der Waals surface area contributed by atoms with Crippen molar-refractivity contribution in [2.75, 3.05) is 56.8 Å². The Morgan fingerprint density at radius 2 is 1.84 bits per heavy atom. The molecule has 2 aromatic carbocycles. The molecule has 2 aliphatic heterocycles. The molecular weight excluding hydrogens is 414 g/mol. The lowest BCUT2D eigenvalue weighted by Crippen LogP contribution is -2.49. The normalized spacial score (nSPS) is 16.5. The largest absolute Gasteiger partial charge is 0.495 e. The second-order valence-corrected chi connectivity index (χ2v) is 7.82. The lowest BCUT2D eigenvalue weighted by atomic mass is 10.0. The van der Waals surface area contributed by atoms with Gasteiger partial charge in [-0.15, -0.1) is 0 Å². The first-order valence-corrected chi connectivity index (χ1v) is 10.6. The summed E-state index contributed by atoms with van der Waals surface area (Å²) in [5, 5.41) is 12.4. The Bertz CT molecular complexity index is 974. The summed E-state index contributed by atoms with van der Waals surface area (Å²) in [5.74, 6) is -0.0996. The number of carbonyl (C=O) groups excluding carboxylic acids is 1. The van der Waals surface area contributed by atoms with E-state index in [0.717, 1.165) is 24.5 Å². The summed E-state index contributed by atoms with van der Waals surface area (Å²) in [7, 11) is 1.65. The molecule has 1 amide bonds. The van der Waals surface area contributed by atoms with Gasteiger partial charge >= 0.3 is 5.97 Å². The van der Waals surface area contributed by atoms with E-state index in [1.54, 1.807) is 25.3 Å². The molecule has 2 heterocycles. The summed E-state index contributed by atoms with van der Waals surface area (Å²) in [4.78, 5) is 28.6. The van der Waals surface area contributed by atoms with Gasteiger partial charge < -0.3 is 29.5 Å². The Labute approximate surface area is 186 Å². The van der Waals surface area contributed by atoms with Crippen LogP contribution < -0.4 is 24.4 Å². The molecule has 2 aliphatic rings. The van der Waals surface area contributed by atoms with E-state index in [1.807, 2.05) is 24.3 Å². The third-order valence-corrected chi connectivity index (χ3v) is 5.71. The molecule has 170 valence electrons. The van der Waals surface area contributed by atoms with E-state index in [0.29, 0.717) is 36.8 Å². The van der Waals surface area contributed by atoms with Gasteiger partial charge in [0, 0.05) is 50.9 Å². The monoisotopic (exact) mass is 441 g/mol. The zero-order valence-corrected chi connectivity index (χ0v) is 18.0. The number of ether oxygens (including phenoxy) is 3. The minimum absolute atomic E-state index is 0.101. The molecule has 1 saturated heterocycles. The fourth-order valence-corrected chi connectivity index (χ4v) is 4.01. The third-order valence-electron chi connectivity index (χ3n) is 5.71. The number of aliphatic carboxylic acids is 1. The zero-order chi connectivity index (χ0) is 22.5. The molecule has 2 aromatic rings. The molecule has 1 atom stereocenters. The number of amides is 1. The van der Waals surface area contributed by atoms with Gasteiger partial charge in [0.05, 0.1) is 18.7 Å². The highest BCUT2D eigenvalue weighted by molar-refractivity contribution is 5.93. The molecule has 1 unspecified atom stereocenters. The van der Waals surface area contributed by atoms with Crippen molar-refractivity contribution in [3.63, 3.8) is 0 Å². The van der Waals surface area contributed by atoms with Crippen molar-refractivity contribution in [2.45, 2.75) is 6.42 Å². The zero-order valence-electron chi connectivity index (χ0n) is 18.0. The summed E-state index contributed by atoms with van der Waals surface area (Å²) in [5.41, 5.74) is 1.58. The van der Waals surface area contributed by atoms with Crippen LogP contribution >= 0.6 is 0 Å². The van der Waals surface area contributed by atoms with E-state index in [4.69, 9.17) is 14.2 Å². The molecule has 0 spiro atoms. The van der Waals surface area contributed by atoms with Crippen LogP contribution in [0.5, 0.6) is 17.2 Å². The van der Waals surface area contributed by atoms with Crippen LogP contribution in [0.1, 0.15) is 6.42 Å². The molecule has 1 fully saturated rings. The molecule has 0 saturated carbocycles. The average Bonchev–Trinajstić information content (AvgIpc) is 3.27. The number of nitrogens with one attached hydrogen (secondary N) is 1. The number of benzene rings is 2. The summed E-state index contributed by atoms with van der Waals surface area (Å²) in [6, 6.07) is 13.0. The van der Waals surface area contributed by atoms with Gasteiger partial charge in [-0.3, -0.25) is 14.5 Å². The minimum atomic E-state index is -0.974. The fraction of sp³-hybridized carbons (Fsp3) is 0.391. The van der Waals surface area contributed by atoms with Gasteiger partial charge in [-0.1, -0.05) is 12.1 Å². The molecule has 0 aromatic heterocycles. The quantitative estimate of drug-likeness (QED) is 0.644. The first-order chi connectivity index (χ1) is 15.5. The summed E-state index contributed by atoms with van der Waals surface area (Å²) >= 11 is 0. The van der Waals surface area contributed by atoms with E-state index >= 15 is 0 Å². The number of nitrogens with zero attached hydrogens (tertiary/aromatic N) is 2. The standard InChI is InChI=1S/C23H27N3O6/c1-30-19-5-3-2-4-18(19)26-10-8-25(9-11-26)14-16(23(28)29)12-22(27)24-17-6-7-20-21(13-17)32-15-31-20/h2-7,13,16H,8-12,14-15H2,1H3,(H,24,27)(H,28,29). The second-order valence-electron chi connectivity index (χ2n) is 7.82. The minimum Gasteiger partial charge on any atom is -0.495 e. The van der Waals surface area contributed by atoms with Gasteiger partial charge in [-0.2, -0.15) is 0 Å². The van der Waals surface area contributed by atoms with Gasteiger partial charge in [-0.05, 0) is 24.3 Å². The molecule has 2 N–H and O–H groups in total. The van der Waals surface area contributed by atoms with Gasteiger partial charge in [0.15, 0.2) is 11.5 Å². The summed E-state index contributed by atoms with van der Waals surface area (Å²) < 4.78 is 16.0. The maximum Gasteiger partial charge on any atom is 0.308 e. The smallest absolute Gasteiger partial charge is 0.308 e. The third kappa shape index (κ3) is 5.05. The molecule has 9 nitrogen and oxygen atoms in total. The van der Waals surface area contributed by atoms with Crippen LogP contribution in [0, 0.1) is 5.92 Å². The SMILES string of the molecule is COc1ccccc1N1CCN(CC(CC(=O)Nc2ccc3c(c2)OCO3)C(=O)O)CC1. The molecule has 4 rings (SSSR count). The highest BCUT2D eigenvalue weighted by atomic mass is 16.7. The van der Waals surface area contributed by atoms with Gasteiger partial charge in [0.25, 0.3) is 0 Å². The number of carboxylic acids is 1. The maximum atomic E-state index is 12.5. The van der Waals surface area contributed by atoms with E-state index in [2.05, 4.69) is 15.1 Å². The lowest BCUT2D eigenvalue weighted by molar-refractivity contribution is -0.144. The molecule has 32 heavy (non-hydrogen) atoms. The fourth-order valence-electron chi connectivity index (χ4n) is 4.01. The van der Waals surface area contributed by atoms with Gasteiger partial charge in [-0.25, -0.2) is 0 Å². The van der Waals surface area contributed by atoms with Crippen LogP contribution in [0.3, 0.4) is 0 Å². The Balaban J connectivity index is 1.30. The van der Waals surface area contributed by atoms with Crippen molar-refractivity contribution in [1.82, 2.24) is 4.90 Å². The number of anilines is 2. The topological polar surface area (TPSA) is 101 Å². The lowest BCUT2D eigenvalue weighted by Gasteiger charge is -2.37. The number of carbonyl (C=O) groups is 2. The van der Waals surface area contributed by atoms with Crippen molar-refractivity contribution in [3.8, 4) is 17.2 Å². The predicted molar refractivity (Wildman–Crippen MR) is 119 cm³/mol. The van der Waals surface area contributed by atoms with Crippen LogP contribution in [0.2, 0.25) is 0 Å². The number of carboxylic acid groups (broad SMARTS) is 1. The van der Waals surface area contributed by atoms with E-state index < -0.39 is 11.9 Å². The Morgan fingerprint density at radius 3 is 2.59 bits per heavy atom. The van der Waals surface area contributed by atoms with Gasteiger partial charge in [0.2, 0.25) is 12.7 Å². The van der Waals surface area contributed by atoms with Crippen LogP contribution in [-0.2, 0) is 9.59 Å². The number of methoxy groups -OCH3 is 1.